The van der Waals surface area contributed by atoms with Crippen molar-refractivity contribution in [2.24, 2.45) is 0 Å². The number of hydrogen-bond donors (Lipinski definition) is 4. The maximum absolute atomic E-state index is 13.9. The molecule has 1 aliphatic carbocycles. The zero-order chi connectivity index (χ0) is 31.9. The van der Waals surface area contributed by atoms with Gasteiger partial charge in [-0.1, -0.05) is 36.6 Å². The minimum absolute atomic E-state index is 0.0503. The highest BCUT2D eigenvalue weighted by Crippen LogP contribution is 2.52. The van der Waals surface area contributed by atoms with E-state index in [2.05, 4.69) is 10.6 Å². The Morgan fingerprint density at radius 2 is 1.78 bits per heavy atom. The third kappa shape index (κ3) is 4.52. The average Bonchev–Trinajstić information content (AvgIpc) is 3.47. The summed E-state index contributed by atoms with van der Waals surface area (Å²) in [6, 6.07) is 5.70. The molecule has 0 radical (unpaired) electrons. The Kier molecular flexibility index (Phi) is 6.93. The van der Waals surface area contributed by atoms with E-state index in [4.69, 9.17) is 11.6 Å². The number of thioether (sulfide) groups is 1. The number of β-lactam (4-membered cyclic amide) rings is 1. The molecule has 1 aromatic heterocycles. The highest BCUT2D eigenvalue weighted by molar-refractivity contribution is 8.01. The molecule has 3 amide bonds. The molecule has 3 aromatic rings. The second kappa shape index (κ2) is 10.5. The number of benzene rings is 2. The highest BCUT2D eigenvalue weighted by Gasteiger charge is 2.64. The van der Waals surface area contributed by atoms with Crippen LogP contribution in [0.15, 0.2) is 47.4 Å². The number of carboxylic acids is 1. The summed E-state index contributed by atoms with van der Waals surface area (Å²) < 4.78 is 1.21. The van der Waals surface area contributed by atoms with E-state index < -0.39 is 57.4 Å². The van der Waals surface area contributed by atoms with Crippen LogP contribution in [0.25, 0.3) is 10.9 Å². The van der Waals surface area contributed by atoms with E-state index in [1.165, 1.54) is 40.9 Å². The summed E-state index contributed by atoms with van der Waals surface area (Å²) in [6.07, 6.45) is 5.46. The van der Waals surface area contributed by atoms with Gasteiger partial charge in [0, 0.05) is 38.9 Å². The summed E-state index contributed by atoms with van der Waals surface area (Å²) in [4.78, 5) is 67.7. The van der Waals surface area contributed by atoms with Crippen LogP contribution in [-0.2, 0) is 14.4 Å². The van der Waals surface area contributed by atoms with Gasteiger partial charge in [0.1, 0.15) is 34.8 Å². The normalized spacial score (nSPS) is 26.5. The fourth-order valence-electron chi connectivity index (χ4n) is 7.57. The second-order valence-electron chi connectivity index (χ2n) is 12.7. The molecule has 4 aliphatic rings. The van der Waals surface area contributed by atoms with Crippen molar-refractivity contribution < 1.29 is 29.4 Å². The Morgan fingerprint density at radius 1 is 1.07 bits per heavy atom. The molecule has 4 heterocycles. The number of fused-ring (bicyclic) bond motifs is 4. The van der Waals surface area contributed by atoms with Gasteiger partial charge in [-0.05, 0) is 56.5 Å². The van der Waals surface area contributed by atoms with E-state index in [9.17, 15) is 34.2 Å². The third-order valence-electron chi connectivity index (χ3n) is 9.62. The van der Waals surface area contributed by atoms with Gasteiger partial charge in [0.2, 0.25) is 17.2 Å². The lowest BCUT2D eigenvalue weighted by Gasteiger charge is -2.44. The fourth-order valence-corrected chi connectivity index (χ4v) is 9.49. The van der Waals surface area contributed by atoms with Crippen molar-refractivity contribution in [1.29, 1.82) is 0 Å². The smallest absolute Gasteiger partial charge is 0.327 e. The van der Waals surface area contributed by atoms with Crippen LogP contribution in [0.5, 0.6) is 5.75 Å². The van der Waals surface area contributed by atoms with Gasteiger partial charge in [0.15, 0.2) is 0 Å². The Morgan fingerprint density at radius 3 is 2.49 bits per heavy atom. The van der Waals surface area contributed by atoms with Crippen LogP contribution >= 0.6 is 23.4 Å². The van der Waals surface area contributed by atoms with Gasteiger partial charge >= 0.3 is 5.97 Å². The van der Waals surface area contributed by atoms with Crippen molar-refractivity contribution in [2.75, 3.05) is 0 Å². The van der Waals surface area contributed by atoms with Crippen LogP contribution in [0.1, 0.15) is 79.0 Å². The molecule has 11 nitrogen and oxygen atoms in total. The largest absolute Gasteiger partial charge is 0.508 e. The number of phenolic OH excluding ortho intramolecular Hbond substituents is 1. The van der Waals surface area contributed by atoms with E-state index in [0.29, 0.717) is 16.0 Å². The molecule has 6 atom stereocenters. The molecule has 13 heteroatoms. The number of rotatable bonds is 6. The first-order valence-electron chi connectivity index (χ1n) is 14.9. The Labute approximate surface area is 266 Å². The Hall–Kier alpha value is -4.03. The molecule has 3 fully saturated rings. The van der Waals surface area contributed by atoms with Gasteiger partial charge in [0.25, 0.3) is 5.91 Å². The van der Waals surface area contributed by atoms with Crippen LogP contribution in [0.3, 0.4) is 0 Å². The van der Waals surface area contributed by atoms with Crippen molar-refractivity contribution in [1.82, 2.24) is 20.1 Å². The molecule has 45 heavy (non-hydrogen) atoms. The molecule has 0 bridgehead atoms. The SMILES string of the molecule is CC1(C)SC2C(NC(=O)C(NC(=O)c3cn4c5c(c(Cl)ccc5c3=O)C3CCCCC34)c3ccc(O)cc3)C(=O)N2C1C(=O)O. The van der Waals surface area contributed by atoms with Crippen molar-refractivity contribution >= 4 is 58.0 Å². The molecule has 3 aliphatic heterocycles. The Bertz CT molecular complexity index is 1860. The Balaban J connectivity index is 1.21. The number of amides is 3. The van der Waals surface area contributed by atoms with Crippen LogP contribution in [-0.4, -0.2) is 65.6 Å². The first-order chi connectivity index (χ1) is 21.4. The van der Waals surface area contributed by atoms with Crippen molar-refractivity contribution in [3.63, 3.8) is 0 Å². The highest BCUT2D eigenvalue weighted by atomic mass is 35.5. The number of carbonyl (C=O) groups is 4. The minimum atomic E-state index is -1.33. The molecule has 6 unspecified atom stereocenters. The average molecular weight is 651 g/mol. The molecular weight excluding hydrogens is 620 g/mol. The molecule has 2 saturated heterocycles. The molecule has 7 rings (SSSR count). The number of nitrogens with zero attached hydrogens (tertiary/aromatic N) is 2. The first kappa shape index (κ1) is 29.7. The predicted molar refractivity (Wildman–Crippen MR) is 167 cm³/mol. The number of aliphatic carboxylic acids is 1. The zero-order valence-electron chi connectivity index (χ0n) is 24.5. The predicted octanol–water partition coefficient (Wildman–Crippen LogP) is 3.68. The first-order valence-corrected chi connectivity index (χ1v) is 16.1. The minimum Gasteiger partial charge on any atom is -0.508 e. The number of pyridine rings is 1. The van der Waals surface area contributed by atoms with Crippen molar-refractivity contribution in [2.45, 2.75) is 79.7 Å². The lowest BCUT2D eigenvalue weighted by Crippen LogP contribution is -2.71. The number of halogens is 1. The molecule has 4 N–H and O–H groups in total. The van der Waals surface area contributed by atoms with Gasteiger partial charge in [0.05, 0.1) is 5.52 Å². The molecule has 2 aromatic carbocycles. The zero-order valence-corrected chi connectivity index (χ0v) is 26.0. The summed E-state index contributed by atoms with van der Waals surface area (Å²) in [5.41, 5.74) is 1.41. The van der Waals surface area contributed by atoms with Crippen molar-refractivity contribution in [3.05, 3.63) is 74.5 Å². The summed E-state index contributed by atoms with van der Waals surface area (Å²) in [7, 11) is 0. The molecule has 234 valence electrons. The van der Waals surface area contributed by atoms with Gasteiger partial charge in [-0.2, -0.15) is 0 Å². The van der Waals surface area contributed by atoms with Gasteiger partial charge in [-0.15, -0.1) is 11.8 Å². The number of nitrogens with one attached hydrogen (secondary N) is 2. The third-order valence-corrected chi connectivity index (χ3v) is 11.5. The van der Waals surface area contributed by atoms with Gasteiger partial charge in [-0.25, -0.2) is 4.79 Å². The second-order valence-corrected chi connectivity index (χ2v) is 14.9. The van der Waals surface area contributed by atoms with Crippen molar-refractivity contribution in [3.8, 4) is 5.75 Å². The summed E-state index contributed by atoms with van der Waals surface area (Å²) >= 11 is 7.91. The quantitative estimate of drug-likeness (QED) is 0.294. The lowest BCUT2D eigenvalue weighted by molar-refractivity contribution is -0.161. The van der Waals surface area contributed by atoms with E-state index in [-0.39, 0.29) is 23.3 Å². The van der Waals surface area contributed by atoms with E-state index in [1.54, 1.807) is 32.2 Å². The van der Waals surface area contributed by atoms with E-state index in [0.717, 1.165) is 36.8 Å². The standard InChI is InChI=1S/C32H31ClN4O7S/c1-32(2)26(31(43)44)37-29(42)23(30(37)45-32)35-28(41)22(14-7-9-15(38)10-8-14)34-27(40)18-13-36-20-6-4-3-5-16(20)21-19(33)12-11-17(24(21)36)25(18)39/h7-13,16,20,22-23,26,30,38H,3-6H2,1-2H3,(H,34,40)(H,35,41)(H,43,44). The molecule has 1 saturated carbocycles. The van der Waals surface area contributed by atoms with E-state index >= 15 is 0 Å². The maximum atomic E-state index is 13.9. The maximum Gasteiger partial charge on any atom is 0.327 e. The van der Waals surface area contributed by atoms with E-state index in [1.807, 2.05) is 4.57 Å². The van der Waals surface area contributed by atoms with Crippen LogP contribution < -0.4 is 16.1 Å². The number of phenols is 1. The monoisotopic (exact) mass is 650 g/mol. The fraction of sp³-hybridized carbons (Fsp3) is 0.406. The van der Waals surface area contributed by atoms with Gasteiger partial charge in [-0.3, -0.25) is 19.2 Å². The number of hydrogen-bond acceptors (Lipinski definition) is 7. The van der Waals surface area contributed by atoms with Crippen LogP contribution in [0.4, 0.5) is 0 Å². The topological polar surface area (TPSA) is 158 Å². The molecular formula is C32H31ClN4O7S. The van der Waals surface area contributed by atoms with Gasteiger partial charge < -0.3 is 30.3 Å². The van der Waals surface area contributed by atoms with Crippen LogP contribution in [0.2, 0.25) is 5.02 Å². The van der Waals surface area contributed by atoms with Crippen LogP contribution in [0, 0.1) is 0 Å². The summed E-state index contributed by atoms with van der Waals surface area (Å²) in [5, 5.41) is 25.4. The number of carboxylic acid groups (broad SMARTS) is 1. The number of aromatic hydroxyl groups is 1. The number of carbonyl (C=O) groups excluding carboxylic acids is 3. The summed E-state index contributed by atoms with van der Waals surface area (Å²) in [6.45, 7) is 3.47. The summed E-state index contributed by atoms with van der Waals surface area (Å²) in [5.74, 6) is -3.02. The molecule has 0 spiro atoms. The lowest BCUT2D eigenvalue weighted by atomic mass is 9.82. The number of aromatic nitrogens is 1.